The molecule has 0 unspecified atom stereocenters. The smallest absolute Gasteiger partial charge is 0.164 e. The zero-order valence-corrected chi connectivity index (χ0v) is 33.6. The summed E-state index contributed by atoms with van der Waals surface area (Å²) in [5.74, 6) is 1.71. The van der Waals surface area contributed by atoms with Crippen LogP contribution in [0, 0.1) is 0 Å². The maximum absolute atomic E-state index is 7.00. The van der Waals surface area contributed by atoms with Crippen molar-refractivity contribution in [2.24, 2.45) is 0 Å². The van der Waals surface area contributed by atoms with E-state index in [1.807, 2.05) is 78.9 Å². The summed E-state index contributed by atoms with van der Waals surface area (Å²) in [5.41, 5.74) is 13.4. The molecule has 0 aliphatic rings. The van der Waals surface area contributed by atoms with Crippen LogP contribution in [0.2, 0.25) is 0 Å². The maximum Gasteiger partial charge on any atom is 0.164 e. The fourth-order valence-electron chi connectivity index (χ4n) is 9.19. The second-order valence-electron chi connectivity index (χ2n) is 15.9. The summed E-state index contributed by atoms with van der Waals surface area (Å²) < 4.78 is 20.3. The van der Waals surface area contributed by atoms with Crippen molar-refractivity contribution in [1.82, 2.24) is 15.0 Å². The molecule has 0 spiro atoms. The first kappa shape index (κ1) is 35.2. The zero-order valence-electron chi connectivity index (χ0n) is 33.6. The molecule has 0 atom stereocenters. The van der Waals surface area contributed by atoms with Gasteiger partial charge in [-0.05, 0) is 47.0 Å². The number of rotatable bonds is 6. The van der Waals surface area contributed by atoms with Crippen LogP contribution >= 0.6 is 0 Å². The highest BCUT2D eigenvalue weighted by Gasteiger charge is 2.24. The Hall–Kier alpha value is -8.61. The Kier molecular flexibility index (Phi) is 7.80. The van der Waals surface area contributed by atoms with Gasteiger partial charge in [0.05, 0.1) is 0 Å². The van der Waals surface area contributed by atoms with Crippen molar-refractivity contribution in [2.75, 3.05) is 0 Å². The number of para-hydroxylation sites is 4. The van der Waals surface area contributed by atoms with Gasteiger partial charge in [0.2, 0.25) is 0 Å². The summed E-state index contributed by atoms with van der Waals surface area (Å²) in [6.07, 6.45) is 0. The van der Waals surface area contributed by atoms with Crippen LogP contribution in [0.1, 0.15) is 0 Å². The average molecular weight is 808 g/mol. The van der Waals surface area contributed by atoms with Crippen LogP contribution in [-0.2, 0) is 0 Å². The van der Waals surface area contributed by atoms with Crippen molar-refractivity contribution in [3.8, 4) is 67.5 Å². The highest BCUT2D eigenvalue weighted by molar-refractivity contribution is 6.19. The minimum atomic E-state index is 0.546. The molecule has 0 fully saturated rings. The second-order valence-corrected chi connectivity index (χ2v) is 15.9. The number of fused-ring (bicyclic) bond motifs is 9. The molecule has 0 saturated heterocycles. The fourth-order valence-corrected chi connectivity index (χ4v) is 9.19. The Bertz CT molecular complexity index is 3900. The second kappa shape index (κ2) is 14.0. The van der Waals surface area contributed by atoms with E-state index in [4.69, 9.17) is 28.2 Å². The van der Waals surface area contributed by atoms with Crippen molar-refractivity contribution < 1.29 is 13.3 Å². The van der Waals surface area contributed by atoms with Gasteiger partial charge in [0.25, 0.3) is 0 Å². The van der Waals surface area contributed by atoms with E-state index in [-0.39, 0.29) is 0 Å². The summed E-state index contributed by atoms with van der Waals surface area (Å²) in [6, 6.07) is 68.5. The number of hydrogen-bond acceptors (Lipinski definition) is 6. The number of nitrogens with zero attached hydrogens (tertiary/aromatic N) is 3. The molecule has 0 radical (unpaired) electrons. The van der Waals surface area contributed by atoms with Crippen molar-refractivity contribution in [3.05, 3.63) is 200 Å². The standard InChI is InChI=1S/C57H33N3O3/c1-3-14-34(15-4-1)35-28-30-37(31-29-35)56-58-55(36-16-5-2-6-17-36)59-57(60-56)45-24-13-27-50-51(45)47-33-38(39-20-11-21-42-40-18-7-9-25-48(40)61-52(39)42)32-46(54(47)63-50)44-23-12-22-43-41-19-8-10-26-49(41)62-53(43)44/h1-33H. The normalized spacial score (nSPS) is 11.8. The van der Waals surface area contributed by atoms with Crippen LogP contribution in [0.15, 0.2) is 213 Å². The molecule has 6 heteroatoms. The van der Waals surface area contributed by atoms with Crippen LogP contribution < -0.4 is 0 Å². The van der Waals surface area contributed by atoms with Gasteiger partial charge in [0, 0.05) is 65.7 Å². The molecule has 0 bridgehead atoms. The van der Waals surface area contributed by atoms with Crippen LogP contribution in [-0.4, -0.2) is 15.0 Å². The van der Waals surface area contributed by atoms with Gasteiger partial charge in [-0.1, -0.05) is 170 Å². The SMILES string of the molecule is c1ccc(-c2ccc(-c3nc(-c4ccccc4)nc(-c4cccc5oc6c(-c7cccc8c7oc7ccccc78)cc(-c7cccc8c7oc7ccccc78)cc6c45)n3)cc2)cc1. The molecule has 294 valence electrons. The molecule has 13 rings (SSSR count). The molecule has 4 aromatic heterocycles. The third-order valence-electron chi connectivity index (χ3n) is 12.2. The van der Waals surface area contributed by atoms with Gasteiger partial charge in [-0.2, -0.15) is 0 Å². The largest absolute Gasteiger partial charge is 0.455 e. The van der Waals surface area contributed by atoms with Gasteiger partial charge in [-0.25, -0.2) is 15.0 Å². The summed E-state index contributed by atoms with van der Waals surface area (Å²) >= 11 is 0. The van der Waals surface area contributed by atoms with Crippen LogP contribution in [0.5, 0.6) is 0 Å². The van der Waals surface area contributed by atoms with E-state index >= 15 is 0 Å². The molecular formula is C57H33N3O3. The first-order valence-electron chi connectivity index (χ1n) is 21.0. The van der Waals surface area contributed by atoms with Crippen LogP contribution in [0.4, 0.5) is 0 Å². The quantitative estimate of drug-likeness (QED) is 0.166. The van der Waals surface area contributed by atoms with Crippen LogP contribution in [0.25, 0.3) is 133 Å². The van der Waals surface area contributed by atoms with Gasteiger partial charge in [0.15, 0.2) is 17.5 Å². The number of aromatic nitrogens is 3. The summed E-state index contributed by atoms with van der Waals surface area (Å²) in [7, 11) is 0. The third kappa shape index (κ3) is 5.69. The zero-order chi connectivity index (χ0) is 41.4. The predicted molar refractivity (Wildman–Crippen MR) is 254 cm³/mol. The van der Waals surface area contributed by atoms with E-state index in [2.05, 4.69) is 121 Å². The van der Waals surface area contributed by atoms with Crippen molar-refractivity contribution in [3.63, 3.8) is 0 Å². The number of hydrogen-bond donors (Lipinski definition) is 0. The van der Waals surface area contributed by atoms with E-state index < -0.39 is 0 Å². The van der Waals surface area contributed by atoms with Crippen molar-refractivity contribution in [2.45, 2.75) is 0 Å². The Morgan fingerprint density at radius 1 is 0.254 bits per heavy atom. The molecule has 9 aromatic carbocycles. The van der Waals surface area contributed by atoms with E-state index in [9.17, 15) is 0 Å². The molecule has 63 heavy (non-hydrogen) atoms. The van der Waals surface area contributed by atoms with Crippen LogP contribution in [0.3, 0.4) is 0 Å². The molecule has 0 amide bonds. The predicted octanol–water partition coefficient (Wildman–Crippen LogP) is 15.6. The van der Waals surface area contributed by atoms with Gasteiger partial charge in [-0.15, -0.1) is 0 Å². The van der Waals surface area contributed by atoms with Gasteiger partial charge in [0.1, 0.15) is 33.5 Å². The highest BCUT2D eigenvalue weighted by Crippen LogP contribution is 2.47. The molecule has 6 nitrogen and oxygen atoms in total. The average Bonchev–Trinajstić information content (AvgIpc) is 4.06. The lowest BCUT2D eigenvalue weighted by molar-refractivity contribution is 0.665. The van der Waals surface area contributed by atoms with E-state index in [1.54, 1.807) is 0 Å². The first-order chi connectivity index (χ1) is 31.2. The van der Waals surface area contributed by atoms with Gasteiger partial charge in [-0.3, -0.25) is 0 Å². The topological polar surface area (TPSA) is 78.1 Å². The summed E-state index contributed by atoms with van der Waals surface area (Å²) in [4.78, 5) is 15.5. The van der Waals surface area contributed by atoms with E-state index in [0.29, 0.717) is 17.5 Å². The molecule has 0 N–H and O–H groups in total. The lowest BCUT2D eigenvalue weighted by atomic mass is 9.93. The van der Waals surface area contributed by atoms with Gasteiger partial charge < -0.3 is 13.3 Å². The maximum atomic E-state index is 7.00. The van der Waals surface area contributed by atoms with E-state index in [0.717, 1.165) is 116 Å². The molecule has 0 aliphatic heterocycles. The van der Waals surface area contributed by atoms with E-state index in [1.165, 1.54) is 0 Å². The Labute approximate surface area is 360 Å². The summed E-state index contributed by atoms with van der Waals surface area (Å²) in [6.45, 7) is 0. The number of benzene rings is 9. The first-order valence-corrected chi connectivity index (χ1v) is 21.0. The molecule has 0 saturated carbocycles. The van der Waals surface area contributed by atoms with Crippen molar-refractivity contribution >= 4 is 65.8 Å². The van der Waals surface area contributed by atoms with Gasteiger partial charge >= 0.3 is 0 Å². The number of furan rings is 3. The minimum absolute atomic E-state index is 0.546. The Morgan fingerprint density at radius 2 is 0.698 bits per heavy atom. The molecular weight excluding hydrogens is 775 g/mol. The molecule has 13 aromatic rings. The minimum Gasteiger partial charge on any atom is -0.455 e. The lowest BCUT2D eigenvalue weighted by Crippen LogP contribution is -2.00. The third-order valence-corrected chi connectivity index (χ3v) is 12.2. The summed E-state index contributed by atoms with van der Waals surface area (Å²) in [5, 5.41) is 6.07. The van der Waals surface area contributed by atoms with Crippen molar-refractivity contribution in [1.29, 1.82) is 0 Å². The Balaban J connectivity index is 1.08. The molecule has 4 heterocycles. The fraction of sp³-hybridized carbons (Fsp3) is 0. The highest BCUT2D eigenvalue weighted by atomic mass is 16.3. The molecule has 0 aliphatic carbocycles. The lowest BCUT2D eigenvalue weighted by Gasteiger charge is -2.11. The Morgan fingerprint density at radius 3 is 1.38 bits per heavy atom. The monoisotopic (exact) mass is 807 g/mol.